The molecule has 4 heterocycles. The summed E-state index contributed by atoms with van der Waals surface area (Å²) in [6.07, 6.45) is 4.93. The van der Waals surface area contributed by atoms with E-state index in [-0.39, 0.29) is 43.3 Å². The minimum atomic E-state index is -0.268. The molecule has 1 atom stereocenters. The van der Waals surface area contributed by atoms with Crippen LogP contribution in [0.3, 0.4) is 0 Å². The highest BCUT2D eigenvalue weighted by molar-refractivity contribution is 5.96. The summed E-state index contributed by atoms with van der Waals surface area (Å²) in [6, 6.07) is 13.1. The summed E-state index contributed by atoms with van der Waals surface area (Å²) in [5.74, 6) is 1.08. The van der Waals surface area contributed by atoms with E-state index in [1.807, 2.05) is 30.3 Å². The number of ether oxygens (including phenoxy) is 3. The normalized spacial score (nSPS) is 18.3. The number of nitrogens with one attached hydrogen (secondary N) is 3. The lowest BCUT2D eigenvalue weighted by Crippen LogP contribution is -2.42. The predicted octanol–water partition coefficient (Wildman–Crippen LogP) is 3.31. The van der Waals surface area contributed by atoms with Gasteiger partial charge in [-0.2, -0.15) is 0 Å². The molecule has 3 aliphatic rings. The van der Waals surface area contributed by atoms with Crippen LogP contribution in [0.4, 0.5) is 5.69 Å². The molecular formula is C29H32N4O6. The number of anilines is 1. The Balaban J connectivity index is 1.40. The zero-order chi connectivity index (χ0) is 27.2. The second-order valence-electron chi connectivity index (χ2n) is 9.54. The summed E-state index contributed by atoms with van der Waals surface area (Å²) in [7, 11) is 1.59. The van der Waals surface area contributed by atoms with E-state index in [0.29, 0.717) is 60.9 Å². The topological polar surface area (TPSA) is 122 Å². The number of hydrogen-bond acceptors (Lipinski definition) is 6. The first-order chi connectivity index (χ1) is 19.0. The van der Waals surface area contributed by atoms with Crippen molar-refractivity contribution in [1.82, 2.24) is 15.2 Å². The first kappa shape index (κ1) is 26.1. The first-order valence-corrected chi connectivity index (χ1v) is 13.1. The zero-order valence-electron chi connectivity index (χ0n) is 21.8. The molecule has 204 valence electrons. The molecule has 3 N–H and O–H groups in total. The number of aromatic amines is 1. The van der Waals surface area contributed by atoms with Crippen molar-refractivity contribution in [2.75, 3.05) is 45.3 Å². The van der Waals surface area contributed by atoms with E-state index in [1.54, 1.807) is 36.5 Å². The molecular weight excluding hydrogens is 500 g/mol. The fraction of sp³-hybridized carbons (Fsp3) is 0.345. The summed E-state index contributed by atoms with van der Waals surface area (Å²) >= 11 is 0. The van der Waals surface area contributed by atoms with Crippen molar-refractivity contribution in [2.45, 2.75) is 25.2 Å². The number of fused-ring (bicyclic) bond motifs is 12. The van der Waals surface area contributed by atoms with Crippen LogP contribution in [0.1, 0.15) is 46.7 Å². The van der Waals surface area contributed by atoms with E-state index in [4.69, 9.17) is 14.2 Å². The third-order valence-corrected chi connectivity index (χ3v) is 6.89. The molecule has 0 spiro atoms. The van der Waals surface area contributed by atoms with Crippen molar-refractivity contribution in [1.29, 1.82) is 0 Å². The maximum Gasteiger partial charge on any atom is 0.255 e. The minimum Gasteiger partial charge on any atom is -0.493 e. The van der Waals surface area contributed by atoms with Gasteiger partial charge in [-0.15, -0.1) is 0 Å². The van der Waals surface area contributed by atoms with Crippen molar-refractivity contribution < 1.29 is 28.6 Å². The molecule has 6 bridgehead atoms. The second kappa shape index (κ2) is 11.9. The number of hydrogen-bond donors (Lipinski definition) is 3. The van der Waals surface area contributed by atoms with Gasteiger partial charge in [-0.3, -0.25) is 14.4 Å². The number of methoxy groups -OCH3 is 1. The van der Waals surface area contributed by atoms with Gasteiger partial charge in [0.15, 0.2) is 11.5 Å². The Labute approximate surface area is 226 Å². The molecule has 1 aromatic heterocycles. The molecule has 1 unspecified atom stereocenters. The van der Waals surface area contributed by atoms with Crippen LogP contribution in [0, 0.1) is 0 Å². The number of benzene rings is 2. The van der Waals surface area contributed by atoms with Gasteiger partial charge in [-0.05, 0) is 48.2 Å². The molecule has 0 saturated carbocycles. The van der Waals surface area contributed by atoms with Gasteiger partial charge in [0.2, 0.25) is 11.8 Å². The lowest BCUT2D eigenvalue weighted by atomic mass is 9.84. The fourth-order valence-electron chi connectivity index (χ4n) is 4.92. The molecule has 0 aliphatic carbocycles. The van der Waals surface area contributed by atoms with Gasteiger partial charge in [0.1, 0.15) is 12.4 Å². The molecule has 6 rings (SSSR count). The zero-order valence-corrected chi connectivity index (χ0v) is 21.8. The van der Waals surface area contributed by atoms with Crippen molar-refractivity contribution >= 4 is 23.4 Å². The number of aromatic nitrogens is 1. The van der Waals surface area contributed by atoms with Crippen LogP contribution in [0.25, 0.3) is 0 Å². The number of H-pyrrole nitrogens is 1. The van der Waals surface area contributed by atoms with E-state index in [0.717, 1.165) is 11.1 Å². The summed E-state index contributed by atoms with van der Waals surface area (Å²) in [6.45, 7) is 1.26. The van der Waals surface area contributed by atoms with Gasteiger partial charge >= 0.3 is 0 Å². The van der Waals surface area contributed by atoms with Gasteiger partial charge in [0.05, 0.1) is 32.4 Å². The molecule has 10 heteroatoms. The van der Waals surface area contributed by atoms with Gasteiger partial charge in [-0.1, -0.05) is 12.1 Å². The third-order valence-electron chi connectivity index (χ3n) is 6.89. The van der Waals surface area contributed by atoms with Gasteiger partial charge in [0, 0.05) is 43.0 Å². The Hall–Kier alpha value is -4.47. The molecule has 10 nitrogen and oxygen atoms in total. The molecule has 0 radical (unpaired) electrons. The second-order valence-corrected chi connectivity index (χ2v) is 9.54. The van der Waals surface area contributed by atoms with Gasteiger partial charge < -0.3 is 34.7 Å². The molecule has 3 aliphatic heterocycles. The highest BCUT2D eigenvalue weighted by Crippen LogP contribution is 2.41. The minimum absolute atomic E-state index is 0.0625. The Kier molecular flexibility index (Phi) is 8.00. The summed E-state index contributed by atoms with van der Waals surface area (Å²) in [4.78, 5) is 42.7. The van der Waals surface area contributed by atoms with Gasteiger partial charge in [0.25, 0.3) is 5.91 Å². The molecule has 39 heavy (non-hydrogen) atoms. The molecule has 0 saturated heterocycles. The highest BCUT2D eigenvalue weighted by Gasteiger charge is 2.28. The van der Waals surface area contributed by atoms with E-state index in [9.17, 15) is 14.4 Å². The quantitative estimate of drug-likeness (QED) is 0.436. The Morgan fingerprint density at radius 2 is 1.92 bits per heavy atom. The summed E-state index contributed by atoms with van der Waals surface area (Å²) < 4.78 is 17.5. The largest absolute Gasteiger partial charge is 0.493 e. The lowest BCUT2D eigenvalue weighted by Gasteiger charge is -2.27. The predicted molar refractivity (Wildman–Crippen MR) is 144 cm³/mol. The maximum absolute atomic E-state index is 13.0. The molecule has 3 aromatic rings. The van der Waals surface area contributed by atoms with E-state index in [2.05, 4.69) is 15.6 Å². The van der Waals surface area contributed by atoms with Crippen molar-refractivity contribution in [3.05, 3.63) is 71.5 Å². The number of carbonyl (C=O) groups is 3. The van der Waals surface area contributed by atoms with Crippen molar-refractivity contribution in [3.8, 4) is 17.2 Å². The lowest BCUT2D eigenvalue weighted by molar-refractivity contribution is -0.122. The number of nitrogens with zero attached hydrogens (tertiary/aromatic N) is 1. The standard InChI is InChI=1S/C29H32N4O6/c1-37-25-7-4-19-14-26(25)39-12-3-2-11-33(29(36)20-8-9-30-17-20)18-28(35)31-10-13-38-21-5-6-22-23(19)16-27(34)32-24(22)15-21/h4-9,14-15,17,23,30H,2-3,10-13,16,18H2,1H3,(H,31,35)(H,32,34). The van der Waals surface area contributed by atoms with Crippen molar-refractivity contribution in [2.24, 2.45) is 0 Å². The average molecular weight is 533 g/mol. The molecule has 2 aromatic carbocycles. The number of amides is 3. The Morgan fingerprint density at radius 1 is 1.03 bits per heavy atom. The van der Waals surface area contributed by atoms with E-state index in [1.165, 1.54) is 0 Å². The van der Waals surface area contributed by atoms with Crippen LogP contribution in [0.15, 0.2) is 54.9 Å². The van der Waals surface area contributed by atoms with E-state index >= 15 is 0 Å². The van der Waals surface area contributed by atoms with Gasteiger partial charge in [-0.25, -0.2) is 0 Å². The smallest absolute Gasteiger partial charge is 0.255 e. The highest BCUT2D eigenvalue weighted by atomic mass is 16.5. The first-order valence-electron chi connectivity index (χ1n) is 13.1. The van der Waals surface area contributed by atoms with E-state index < -0.39 is 0 Å². The average Bonchev–Trinajstić information content (AvgIpc) is 3.48. The molecule has 0 fully saturated rings. The number of carbonyl (C=O) groups excluding carboxylic acids is 3. The summed E-state index contributed by atoms with van der Waals surface area (Å²) in [5.41, 5.74) is 3.15. The van der Waals surface area contributed by atoms with Crippen LogP contribution >= 0.6 is 0 Å². The summed E-state index contributed by atoms with van der Waals surface area (Å²) in [5, 5.41) is 5.77. The van der Waals surface area contributed by atoms with Crippen LogP contribution < -0.4 is 24.8 Å². The van der Waals surface area contributed by atoms with Crippen LogP contribution in [0.5, 0.6) is 17.2 Å². The van der Waals surface area contributed by atoms with Crippen LogP contribution in [-0.4, -0.2) is 67.6 Å². The van der Waals surface area contributed by atoms with Crippen LogP contribution in [0.2, 0.25) is 0 Å². The van der Waals surface area contributed by atoms with Crippen molar-refractivity contribution in [3.63, 3.8) is 0 Å². The maximum atomic E-state index is 13.0. The fourth-order valence-corrected chi connectivity index (χ4v) is 4.92. The monoisotopic (exact) mass is 532 g/mol. The third kappa shape index (κ3) is 6.17. The Bertz CT molecular complexity index is 1340. The Morgan fingerprint density at radius 3 is 2.74 bits per heavy atom. The number of rotatable bonds is 2. The SMILES string of the molecule is COc1ccc2cc1OCCCCN(C(=O)c1cc[nH]c1)CC(=O)NCCOc1ccc3c(c1)NC(=O)CC23. The van der Waals surface area contributed by atoms with Crippen LogP contribution in [-0.2, 0) is 9.59 Å². The molecule has 3 amide bonds.